The maximum atomic E-state index is 12.7. The van der Waals surface area contributed by atoms with Crippen LogP contribution in [-0.2, 0) is 19.5 Å². The van der Waals surface area contributed by atoms with Crippen molar-refractivity contribution in [3.05, 3.63) is 29.3 Å². The summed E-state index contributed by atoms with van der Waals surface area (Å²) in [7, 11) is -2.49. The van der Waals surface area contributed by atoms with Crippen molar-refractivity contribution in [2.24, 2.45) is 5.92 Å². The predicted molar refractivity (Wildman–Crippen MR) is 98.7 cm³/mol. The van der Waals surface area contributed by atoms with Crippen LogP contribution in [0.5, 0.6) is 0 Å². The standard InChI is InChI=1S/C18H28N2O5S/c1-13(2)11-20-7-8-25-16(12-20)10-19-26(22,23)17-9-15(18(21)24-4)6-5-14(17)3/h5-6,9,13,16,19H,7-8,10-12H2,1-4H3/t16-/m0/s1. The first-order valence-electron chi connectivity index (χ1n) is 8.75. The van der Waals surface area contributed by atoms with Crippen LogP contribution in [0.25, 0.3) is 0 Å². The zero-order valence-corrected chi connectivity index (χ0v) is 16.6. The Hall–Kier alpha value is -1.48. The molecule has 0 spiro atoms. The number of sulfonamides is 1. The maximum Gasteiger partial charge on any atom is 0.337 e. The monoisotopic (exact) mass is 384 g/mol. The van der Waals surface area contributed by atoms with Gasteiger partial charge >= 0.3 is 5.97 Å². The summed E-state index contributed by atoms with van der Waals surface area (Å²) in [4.78, 5) is 14.0. The molecule has 26 heavy (non-hydrogen) atoms. The largest absolute Gasteiger partial charge is 0.465 e. The SMILES string of the molecule is COC(=O)c1ccc(C)c(S(=O)(=O)NC[C@H]2CN(CC(C)C)CCO2)c1. The molecule has 0 radical (unpaired) electrons. The Balaban J connectivity index is 2.06. The molecule has 0 aromatic heterocycles. The maximum absolute atomic E-state index is 12.7. The van der Waals surface area contributed by atoms with Gasteiger partial charge in [-0.2, -0.15) is 0 Å². The molecule has 8 heteroatoms. The average Bonchev–Trinajstić information content (AvgIpc) is 2.59. The molecule has 2 rings (SSSR count). The number of nitrogens with zero attached hydrogens (tertiary/aromatic N) is 1. The summed E-state index contributed by atoms with van der Waals surface area (Å²) in [6.07, 6.45) is -0.193. The van der Waals surface area contributed by atoms with Crippen molar-refractivity contribution in [1.29, 1.82) is 0 Å². The van der Waals surface area contributed by atoms with E-state index in [1.54, 1.807) is 19.1 Å². The van der Waals surface area contributed by atoms with Crippen molar-refractivity contribution in [3.8, 4) is 0 Å². The third kappa shape index (κ3) is 5.51. The number of morpholine rings is 1. The lowest BCUT2D eigenvalue weighted by Crippen LogP contribution is -2.48. The predicted octanol–water partition coefficient (Wildman–Crippen LogP) is 1.42. The van der Waals surface area contributed by atoms with E-state index in [0.29, 0.717) is 24.6 Å². The van der Waals surface area contributed by atoms with Gasteiger partial charge in [-0.3, -0.25) is 4.90 Å². The summed E-state index contributed by atoms with van der Waals surface area (Å²) in [5.74, 6) is -0.0180. The van der Waals surface area contributed by atoms with Gasteiger partial charge in [0.05, 0.1) is 30.3 Å². The van der Waals surface area contributed by atoms with Crippen LogP contribution < -0.4 is 4.72 Å². The zero-order chi connectivity index (χ0) is 19.3. The quantitative estimate of drug-likeness (QED) is 0.716. The van der Waals surface area contributed by atoms with Crippen molar-refractivity contribution < 1.29 is 22.7 Å². The molecule has 0 unspecified atom stereocenters. The van der Waals surface area contributed by atoms with Gasteiger partial charge in [0.25, 0.3) is 0 Å². The highest BCUT2D eigenvalue weighted by Gasteiger charge is 2.25. The molecule has 1 aromatic carbocycles. The third-order valence-corrected chi connectivity index (χ3v) is 5.81. The Morgan fingerprint density at radius 2 is 2.15 bits per heavy atom. The Kier molecular flexibility index (Phi) is 7.16. The molecule has 1 atom stereocenters. The van der Waals surface area contributed by atoms with E-state index in [4.69, 9.17) is 4.74 Å². The second-order valence-corrected chi connectivity index (χ2v) is 8.71. The van der Waals surface area contributed by atoms with Gasteiger partial charge in [0.1, 0.15) is 0 Å². The normalized spacial score (nSPS) is 18.9. The number of methoxy groups -OCH3 is 1. The zero-order valence-electron chi connectivity index (χ0n) is 15.8. The summed E-state index contributed by atoms with van der Waals surface area (Å²) in [6.45, 7) is 9.32. The van der Waals surface area contributed by atoms with E-state index in [2.05, 4.69) is 28.2 Å². The van der Waals surface area contributed by atoms with E-state index in [9.17, 15) is 13.2 Å². The minimum absolute atomic E-state index is 0.0789. The molecule has 0 aliphatic carbocycles. The lowest BCUT2D eigenvalue weighted by Gasteiger charge is -2.33. The first kappa shape index (κ1) is 20.8. The number of nitrogens with one attached hydrogen (secondary N) is 1. The van der Waals surface area contributed by atoms with Gasteiger partial charge in [-0.15, -0.1) is 0 Å². The second-order valence-electron chi connectivity index (χ2n) is 6.97. The van der Waals surface area contributed by atoms with Crippen LogP contribution in [0.2, 0.25) is 0 Å². The van der Waals surface area contributed by atoms with Crippen LogP contribution in [0.4, 0.5) is 0 Å². The molecule has 1 fully saturated rings. The number of ether oxygens (including phenoxy) is 2. The highest BCUT2D eigenvalue weighted by molar-refractivity contribution is 7.89. The molecule has 0 amide bonds. The van der Waals surface area contributed by atoms with Gasteiger partial charge in [-0.05, 0) is 30.5 Å². The lowest BCUT2D eigenvalue weighted by molar-refractivity contribution is -0.0280. The van der Waals surface area contributed by atoms with Gasteiger partial charge in [0.2, 0.25) is 10.0 Å². The number of rotatable bonds is 7. The van der Waals surface area contributed by atoms with Crippen LogP contribution in [-0.4, -0.2) is 65.3 Å². The summed E-state index contributed by atoms with van der Waals surface area (Å²) in [6, 6.07) is 4.49. The van der Waals surface area contributed by atoms with Crippen LogP contribution in [0.15, 0.2) is 23.1 Å². The van der Waals surface area contributed by atoms with Crippen molar-refractivity contribution in [2.45, 2.75) is 31.8 Å². The van der Waals surface area contributed by atoms with Crippen LogP contribution in [0.1, 0.15) is 29.8 Å². The molecular weight excluding hydrogens is 356 g/mol. The van der Waals surface area contributed by atoms with Crippen molar-refractivity contribution in [2.75, 3.05) is 39.9 Å². The molecule has 1 N–H and O–H groups in total. The van der Waals surface area contributed by atoms with E-state index in [1.165, 1.54) is 13.2 Å². The third-order valence-electron chi connectivity index (χ3n) is 4.25. The fourth-order valence-electron chi connectivity index (χ4n) is 3.00. The Bertz CT molecular complexity index is 733. The molecule has 1 saturated heterocycles. The topological polar surface area (TPSA) is 84.9 Å². The number of hydrogen-bond donors (Lipinski definition) is 1. The molecule has 146 valence electrons. The van der Waals surface area contributed by atoms with E-state index in [0.717, 1.165) is 13.1 Å². The fourth-order valence-corrected chi connectivity index (χ4v) is 4.34. The highest BCUT2D eigenvalue weighted by Crippen LogP contribution is 2.18. The average molecular weight is 384 g/mol. The van der Waals surface area contributed by atoms with Gasteiger partial charge in [0, 0.05) is 26.2 Å². The van der Waals surface area contributed by atoms with Crippen LogP contribution in [0, 0.1) is 12.8 Å². The molecule has 1 aliphatic heterocycles. The van der Waals surface area contributed by atoms with Crippen molar-refractivity contribution in [1.82, 2.24) is 9.62 Å². The molecule has 0 saturated carbocycles. The summed E-state index contributed by atoms with van der Waals surface area (Å²) in [5, 5.41) is 0. The van der Waals surface area contributed by atoms with E-state index in [-0.39, 0.29) is 23.1 Å². The molecule has 1 aliphatic rings. The minimum Gasteiger partial charge on any atom is -0.465 e. The van der Waals surface area contributed by atoms with E-state index >= 15 is 0 Å². The van der Waals surface area contributed by atoms with Crippen LogP contribution in [0.3, 0.4) is 0 Å². The summed E-state index contributed by atoms with van der Waals surface area (Å²) in [5.41, 5.74) is 0.770. The Morgan fingerprint density at radius 3 is 2.81 bits per heavy atom. The number of carbonyl (C=O) groups is 1. The smallest absolute Gasteiger partial charge is 0.337 e. The van der Waals surface area contributed by atoms with Gasteiger partial charge in [-0.25, -0.2) is 17.9 Å². The van der Waals surface area contributed by atoms with E-state index in [1.807, 2.05) is 0 Å². The minimum atomic E-state index is -3.75. The summed E-state index contributed by atoms with van der Waals surface area (Å²) < 4.78 is 38.3. The molecule has 1 heterocycles. The number of esters is 1. The van der Waals surface area contributed by atoms with E-state index < -0.39 is 16.0 Å². The molecule has 0 bridgehead atoms. The molecule has 7 nitrogen and oxygen atoms in total. The first-order valence-corrected chi connectivity index (χ1v) is 10.2. The Morgan fingerprint density at radius 1 is 1.42 bits per heavy atom. The molecular formula is C18H28N2O5S. The highest BCUT2D eigenvalue weighted by atomic mass is 32.2. The lowest BCUT2D eigenvalue weighted by atomic mass is 10.1. The number of aryl methyl sites for hydroxylation is 1. The fraction of sp³-hybridized carbons (Fsp3) is 0.611. The first-order chi connectivity index (χ1) is 12.2. The number of hydrogen-bond acceptors (Lipinski definition) is 6. The van der Waals surface area contributed by atoms with Crippen LogP contribution >= 0.6 is 0 Å². The molecule has 1 aromatic rings. The summed E-state index contributed by atoms with van der Waals surface area (Å²) >= 11 is 0. The second kappa shape index (κ2) is 8.94. The van der Waals surface area contributed by atoms with Gasteiger partial charge in [0.15, 0.2) is 0 Å². The Labute approximate surface area is 155 Å². The number of benzene rings is 1. The van der Waals surface area contributed by atoms with Gasteiger partial charge < -0.3 is 9.47 Å². The van der Waals surface area contributed by atoms with Gasteiger partial charge in [-0.1, -0.05) is 19.9 Å². The number of carbonyl (C=O) groups excluding carboxylic acids is 1. The van der Waals surface area contributed by atoms with Crippen molar-refractivity contribution >= 4 is 16.0 Å². The van der Waals surface area contributed by atoms with Crippen molar-refractivity contribution in [3.63, 3.8) is 0 Å².